The van der Waals surface area contributed by atoms with E-state index in [1.165, 1.54) is 0 Å². The van der Waals surface area contributed by atoms with Crippen LogP contribution in [0.4, 0.5) is 5.69 Å². The zero-order chi connectivity index (χ0) is 17.2. The van der Waals surface area contributed by atoms with E-state index in [9.17, 15) is 4.79 Å². The molecule has 0 aliphatic heterocycles. The maximum Gasteiger partial charge on any atom is 0.243 e. The van der Waals surface area contributed by atoms with Crippen molar-refractivity contribution in [2.45, 2.75) is 6.42 Å². The van der Waals surface area contributed by atoms with Crippen molar-refractivity contribution in [3.63, 3.8) is 0 Å². The summed E-state index contributed by atoms with van der Waals surface area (Å²) in [6, 6.07) is 21.8. The van der Waals surface area contributed by atoms with Crippen LogP contribution in [0.1, 0.15) is 5.56 Å². The quantitative estimate of drug-likeness (QED) is 0.568. The molecule has 0 saturated carbocycles. The monoisotopic (exact) mass is 330 g/mol. The summed E-state index contributed by atoms with van der Waals surface area (Å²) < 4.78 is 5.65. The predicted octanol–water partition coefficient (Wildman–Crippen LogP) is 4.30. The molecule has 0 radical (unpaired) electrons. The number of furan rings is 1. The van der Waals surface area contributed by atoms with Crippen molar-refractivity contribution >= 4 is 33.3 Å². The Morgan fingerprint density at radius 3 is 2.60 bits per heavy atom. The molecular formula is C21H18N2O2. The van der Waals surface area contributed by atoms with E-state index in [2.05, 4.69) is 17.6 Å². The van der Waals surface area contributed by atoms with Gasteiger partial charge in [-0.15, -0.1) is 0 Å². The second-order valence-corrected chi connectivity index (χ2v) is 6.03. The highest BCUT2D eigenvalue weighted by atomic mass is 16.3. The number of nitrogens with zero attached hydrogens (tertiary/aromatic N) is 1. The SMILES string of the molecule is CN(NC(=O)Cc1coc2ccc3ccccc3c12)c1ccccc1. The average Bonchev–Trinajstić information content (AvgIpc) is 3.05. The standard InChI is InChI=1S/C21H18N2O2/c1-23(17-8-3-2-4-9-17)22-20(24)13-16-14-25-19-12-11-15-7-5-6-10-18(15)21(16)19/h2-12,14H,13H2,1H3,(H,22,24). The van der Waals surface area contributed by atoms with Crippen molar-refractivity contribution in [1.29, 1.82) is 0 Å². The Morgan fingerprint density at radius 1 is 1.00 bits per heavy atom. The van der Waals surface area contributed by atoms with Gasteiger partial charge in [-0.2, -0.15) is 0 Å². The van der Waals surface area contributed by atoms with E-state index >= 15 is 0 Å². The molecule has 0 atom stereocenters. The third-order valence-corrected chi connectivity index (χ3v) is 4.33. The van der Waals surface area contributed by atoms with Gasteiger partial charge >= 0.3 is 0 Å². The molecule has 1 aromatic heterocycles. The number of hydrogen-bond acceptors (Lipinski definition) is 3. The molecule has 0 aliphatic rings. The summed E-state index contributed by atoms with van der Waals surface area (Å²) >= 11 is 0. The molecule has 124 valence electrons. The van der Waals surface area contributed by atoms with Gasteiger partial charge in [0.25, 0.3) is 0 Å². The van der Waals surface area contributed by atoms with E-state index in [-0.39, 0.29) is 12.3 Å². The lowest BCUT2D eigenvalue weighted by Crippen LogP contribution is -2.40. The summed E-state index contributed by atoms with van der Waals surface area (Å²) in [4.78, 5) is 12.5. The number of hydrogen-bond donors (Lipinski definition) is 1. The summed E-state index contributed by atoms with van der Waals surface area (Å²) in [6.07, 6.45) is 1.94. The van der Waals surface area contributed by atoms with E-state index < -0.39 is 0 Å². The van der Waals surface area contributed by atoms with Gasteiger partial charge in [0, 0.05) is 18.0 Å². The van der Waals surface area contributed by atoms with Crippen LogP contribution < -0.4 is 10.4 Å². The van der Waals surface area contributed by atoms with Crippen LogP contribution in [0.25, 0.3) is 21.7 Å². The molecular weight excluding hydrogens is 312 g/mol. The van der Waals surface area contributed by atoms with E-state index in [4.69, 9.17) is 4.42 Å². The van der Waals surface area contributed by atoms with Crippen molar-refractivity contribution in [3.05, 3.63) is 78.6 Å². The minimum absolute atomic E-state index is 0.0815. The first-order chi connectivity index (χ1) is 12.2. The van der Waals surface area contributed by atoms with E-state index in [0.29, 0.717) is 0 Å². The molecule has 4 aromatic rings. The largest absolute Gasteiger partial charge is 0.464 e. The second kappa shape index (κ2) is 6.32. The average molecular weight is 330 g/mol. The third kappa shape index (κ3) is 2.94. The third-order valence-electron chi connectivity index (χ3n) is 4.33. The van der Waals surface area contributed by atoms with Crippen molar-refractivity contribution in [1.82, 2.24) is 5.43 Å². The number of para-hydroxylation sites is 1. The number of carbonyl (C=O) groups is 1. The highest BCUT2D eigenvalue weighted by Crippen LogP contribution is 2.30. The first-order valence-corrected chi connectivity index (χ1v) is 8.18. The summed E-state index contributed by atoms with van der Waals surface area (Å²) in [6.45, 7) is 0. The van der Waals surface area contributed by atoms with Gasteiger partial charge in [-0.3, -0.25) is 15.2 Å². The Balaban J connectivity index is 1.60. The van der Waals surface area contributed by atoms with Crippen LogP contribution in [-0.4, -0.2) is 13.0 Å². The fourth-order valence-electron chi connectivity index (χ4n) is 3.12. The maximum absolute atomic E-state index is 12.5. The first kappa shape index (κ1) is 15.3. The summed E-state index contributed by atoms with van der Waals surface area (Å²) in [7, 11) is 1.83. The number of fused-ring (bicyclic) bond motifs is 3. The fourth-order valence-corrected chi connectivity index (χ4v) is 3.12. The maximum atomic E-state index is 12.5. The summed E-state index contributed by atoms with van der Waals surface area (Å²) in [5.41, 5.74) is 5.53. The van der Waals surface area contributed by atoms with Gasteiger partial charge in [0.1, 0.15) is 5.58 Å². The molecule has 3 aromatic carbocycles. The molecule has 4 nitrogen and oxygen atoms in total. The molecule has 4 heteroatoms. The minimum atomic E-state index is -0.0815. The van der Waals surface area contributed by atoms with Gasteiger partial charge in [0.05, 0.1) is 18.4 Å². The van der Waals surface area contributed by atoms with Crippen LogP contribution in [0.5, 0.6) is 0 Å². The predicted molar refractivity (Wildman–Crippen MR) is 100 cm³/mol. The summed E-state index contributed by atoms with van der Waals surface area (Å²) in [5.74, 6) is -0.0815. The lowest BCUT2D eigenvalue weighted by molar-refractivity contribution is -0.120. The molecule has 0 bridgehead atoms. The molecule has 0 saturated heterocycles. The van der Waals surface area contributed by atoms with Gasteiger partial charge in [-0.25, -0.2) is 0 Å². The van der Waals surface area contributed by atoms with Crippen molar-refractivity contribution in [3.8, 4) is 0 Å². The Morgan fingerprint density at radius 2 is 1.76 bits per heavy atom. The van der Waals surface area contributed by atoms with E-state index in [1.807, 2.05) is 61.6 Å². The molecule has 0 fully saturated rings. The van der Waals surface area contributed by atoms with E-state index in [1.54, 1.807) is 11.3 Å². The number of benzene rings is 3. The Bertz CT molecular complexity index is 1040. The topological polar surface area (TPSA) is 45.5 Å². The molecule has 0 aliphatic carbocycles. The Hall–Kier alpha value is -3.27. The van der Waals surface area contributed by atoms with Crippen LogP contribution in [0.2, 0.25) is 0 Å². The highest BCUT2D eigenvalue weighted by molar-refractivity contribution is 6.08. The van der Waals surface area contributed by atoms with Crippen molar-refractivity contribution < 1.29 is 9.21 Å². The number of hydrazine groups is 1. The molecule has 1 N–H and O–H groups in total. The lowest BCUT2D eigenvalue weighted by atomic mass is 10.0. The van der Waals surface area contributed by atoms with Gasteiger partial charge in [0.15, 0.2) is 0 Å². The van der Waals surface area contributed by atoms with E-state index in [0.717, 1.165) is 33.0 Å². The second-order valence-electron chi connectivity index (χ2n) is 6.03. The van der Waals surface area contributed by atoms with Crippen molar-refractivity contribution in [2.75, 3.05) is 12.1 Å². The molecule has 0 unspecified atom stereocenters. The summed E-state index contributed by atoms with van der Waals surface area (Å²) in [5, 5.41) is 4.98. The zero-order valence-corrected chi connectivity index (χ0v) is 13.9. The van der Waals surface area contributed by atoms with Crippen LogP contribution in [0.3, 0.4) is 0 Å². The first-order valence-electron chi connectivity index (χ1n) is 8.18. The van der Waals surface area contributed by atoms with Crippen molar-refractivity contribution in [2.24, 2.45) is 0 Å². The van der Waals surface area contributed by atoms with Crippen LogP contribution >= 0.6 is 0 Å². The van der Waals surface area contributed by atoms with Crippen LogP contribution in [0.15, 0.2) is 77.4 Å². The molecule has 25 heavy (non-hydrogen) atoms. The fraction of sp³-hybridized carbons (Fsp3) is 0.0952. The number of amides is 1. The van der Waals surface area contributed by atoms with Gasteiger partial charge in [-0.1, -0.05) is 48.5 Å². The minimum Gasteiger partial charge on any atom is -0.464 e. The smallest absolute Gasteiger partial charge is 0.243 e. The Labute approximate surface area is 145 Å². The van der Waals surface area contributed by atoms with Crippen LogP contribution in [-0.2, 0) is 11.2 Å². The van der Waals surface area contributed by atoms with Gasteiger partial charge in [0.2, 0.25) is 5.91 Å². The van der Waals surface area contributed by atoms with Crippen LogP contribution in [0, 0.1) is 0 Å². The zero-order valence-electron chi connectivity index (χ0n) is 13.9. The normalized spacial score (nSPS) is 10.9. The molecule has 1 heterocycles. The Kier molecular flexibility index (Phi) is 3.86. The molecule has 1 amide bonds. The number of anilines is 1. The highest BCUT2D eigenvalue weighted by Gasteiger charge is 2.14. The van der Waals surface area contributed by atoms with Gasteiger partial charge < -0.3 is 4.42 Å². The number of rotatable bonds is 4. The number of carbonyl (C=O) groups excluding carboxylic acids is 1. The van der Waals surface area contributed by atoms with Gasteiger partial charge in [-0.05, 0) is 29.0 Å². The molecule has 4 rings (SSSR count). The number of nitrogens with one attached hydrogen (secondary N) is 1. The lowest BCUT2D eigenvalue weighted by Gasteiger charge is -2.20. The molecule has 0 spiro atoms.